The van der Waals surface area contributed by atoms with Crippen LogP contribution in [0.15, 0.2) is 12.1 Å². The molecule has 16 heavy (non-hydrogen) atoms. The van der Waals surface area contributed by atoms with Gasteiger partial charge in [0.2, 0.25) is 5.91 Å². The van der Waals surface area contributed by atoms with Crippen LogP contribution in [0.3, 0.4) is 0 Å². The fraction of sp³-hybridized carbons (Fsp3) is 0.462. The van der Waals surface area contributed by atoms with Gasteiger partial charge in [-0.05, 0) is 37.5 Å². The van der Waals surface area contributed by atoms with E-state index in [9.17, 15) is 4.79 Å². The summed E-state index contributed by atoms with van der Waals surface area (Å²) in [7, 11) is 1.64. The summed E-state index contributed by atoms with van der Waals surface area (Å²) in [5, 5.41) is 2.66. The summed E-state index contributed by atoms with van der Waals surface area (Å²) in [4.78, 5) is 11.7. The Labute approximate surface area is 97.0 Å². The van der Waals surface area contributed by atoms with Crippen LogP contribution in [0.5, 0.6) is 0 Å². The smallest absolute Gasteiger partial charge is 0.228 e. The molecule has 1 aromatic carbocycles. The summed E-state index contributed by atoms with van der Waals surface area (Å²) < 4.78 is 0. The molecule has 0 spiro atoms. The Morgan fingerprint density at radius 2 is 1.81 bits per heavy atom. The molecule has 1 aromatic rings. The van der Waals surface area contributed by atoms with Gasteiger partial charge in [0.1, 0.15) is 0 Å². The molecular formula is C13H20N2O. The number of aryl methyl sites for hydroxylation is 3. The fourth-order valence-electron chi connectivity index (χ4n) is 2.27. The maximum Gasteiger partial charge on any atom is 0.228 e. The van der Waals surface area contributed by atoms with Crippen molar-refractivity contribution < 1.29 is 4.79 Å². The van der Waals surface area contributed by atoms with Gasteiger partial charge in [-0.2, -0.15) is 0 Å². The number of nitrogens with two attached hydrogens (primary N) is 1. The second kappa shape index (κ2) is 5.12. The lowest BCUT2D eigenvalue weighted by Crippen LogP contribution is -2.31. The first-order valence-electron chi connectivity index (χ1n) is 5.50. The highest BCUT2D eigenvalue weighted by Gasteiger charge is 2.21. The predicted octanol–water partition coefficient (Wildman–Crippen LogP) is 1.40. The summed E-state index contributed by atoms with van der Waals surface area (Å²) in [6.45, 7) is 6.45. The van der Waals surface area contributed by atoms with Gasteiger partial charge in [0.25, 0.3) is 0 Å². The van der Waals surface area contributed by atoms with Crippen LogP contribution in [0, 0.1) is 20.8 Å². The van der Waals surface area contributed by atoms with Crippen molar-refractivity contribution in [1.82, 2.24) is 5.32 Å². The Morgan fingerprint density at radius 3 is 2.19 bits per heavy atom. The van der Waals surface area contributed by atoms with Crippen molar-refractivity contribution in [2.45, 2.75) is 26.7 Å². The summed E-state index contributed by atoms with van der Waals surface area (Å²) in [5.74, 6) is -0.261. The summed E-state index contributed by atoms with van der Waals surface area (Å²) in [6, 6.07) is 4.18. The van der Waals surface area contributed by atoms with E-state index in [2.05, 4.69) is 24.4 Å². The number of benzene rings is 1. The van der Waals surface area contributed by atoms with Gasteiger partial charge in [-0.1, -0.05) is 17.7 Å². The molecule has 0 bridgehead atoms. The number of carbonyl (C=O) groups excluding carboxylic acids is 1. The normalized spacial score (nSPS) is 12.3. The molecule has 0 heterocycles. The third-order valence-corrected chi connectivity index (χ3v) is 2.89. The molecule has 0 aliphatic carbocycles. The molecule has 1 unspecified atom stereocenters. The molecule has 0 aliphatic rings. The maximum absolute atomic E-state index is 11.7. The highest BCUT2D eigenvalue weighted by molar-refractivity contribution is 5.84. The quantitative estimate of drug-likeness (QED) is 0.809. The van der Waals surface area contributed by atoms with Gasteiger partial charge in [0.05, 0.1) is 5.92 Å². The van der Waals surface area contributed by atoms with Crippen molar-refractivity contribution in [3.63, 3.8) is 0 Å². The number of amides is 1. The third kappa shape index (κ3) is 2.42. The highest BCUT2D eigenvalue weighted by Crippen LogP contribution is 2.24. The summed E-state index contributed by atoms with van der Waals surface area (Å²) in [6.07, 6.45) is 0. The second-order valence-corrected chi connectivity index (χ2v) is 4.21. The first-order valence-corrected chi connectivity index (χ1v) is 5.50. The van der Waals surface area contributed by atoms with Crippen LogP contribution in [-0.2, 0) is 4.79 Å². The molecule has 0 radical (unpaired) electrons. The molecule has 0 fully saturated rings. The van der Waals surface area contributed by atoms with Crippen LogP contribution >= 0.6 is 0 Å². The van der Waals surface area contributed by atoms with Crippen molar-refractivity contribution in [2.75, 3.05) is 13.6 Å². The third-order valence-electron chi connectivity index (χ3n) is 2.89. The Kier molecular flexibility index (Phi) is 4.07. The molecule has 1 rings (SSSR count). The van der Waals surface area contributed by atoms with Crippen molar-refractivity contribution in [3.05, 3.63) is 34.4 Å². The molecule has 0 saturated carbocycles. The minimum atomic E-state index is -0.245. The van der Waals surface area contributed by atoms with Crippen molar-refractivity contribution in [2.24, 2.45) is 5.73 Å². The Balaban J connectivity index is 3.25. The molecule has 3 N–H and O–H groups in total. The van der Waals surface area contributed by atoms with Crippen molar-refractivity contribution in [1.29, 1.82) is 0 Å². The standard InChI is InChI=1S/C13H20N2O/c1-8-5-9(2)12(10(3)6-8)11(7-14)13(16)15-4/h5-6,11H,7,14H2,1-4H3,(H,15,16). The second-order valence-electron chi connectivity index (χ2n) is 4.21. The number of rotatable bonds is 3. The maximum atomic E-state index is 11.7. The van der Waals surface area contributed by atoms with Crippen LogP contribution in [0.25, 0.3) is 0 Å². The minimum absolute atomic E-state index is 0.0162. The molecule has 0 saturated heterocycles. The topological polar surface area (TPSA) is 55.1 Å². The van der Waals surface area contributed by atoms with Crippen LogP contribution in [-0.4, -0.2) is 19.5 Å². The lowest BCUT2D eigenvalue weighted by molar-refractivity contribution is -0.121. The molecular weight excluding hydrogens is 200 g/mol. The lowest BCUT2D eigenvalue weighted by Gasteiger charge is -2.19. The Hall–Kier alpha value is -1.35. The van der Waals surface area contributed by atoms with Gasteiger partial charge in [-0.25, -0.2) is 0 Å². The van der Waals surface area contributed by atoms with Gasteiger partial charge in [-0.3, -0.25) is 4.79 Å². The number of nitrogens with one attached hydrogen (secondary N) is 1. The molecule has 3 nitrogen and oxygen atoms in total. The van der Waals surface area contributed by atoms with E-state index >= 15 is 0 Å². The summed E-state index contributed by atoms with van der Waals surface area (Å²) in [5.41, 5.74) is 10.2. The largest absolute Gasteiger partial charge is 0.359 e. The molecule has 3 heteroatoms. The molecule has 1 atom stereocenters. The number of likely N-dealkylation sites (N-methyl/N-ethyl adjacent to an activating group) is 1. The van der Waals surface area contributed by atoms with Gasteiger partial charge in [0, 0.05) is 13.6 Å². The van der Waals surface area contributed by atoms with Crippen LogP contribution in [0.1, 0.15) is 28.2 Å². The molecule has 0 aliphatic heterocycles. The van der Waals surface area contributed by atoms with E-state index in [1.807, 2.05) is 13.8 Å². The zero-order valence-electron chi connectivity index (χ0n) is 10.4. The van der Waals surface area contributed by atoms with E-state index in [1.54, 1.807) is 7.05 Å². The van der Waals surface area contributed by atoms with E-state index < -0.39 is 0 Å². The van der Waals surface area contributed by atoms with E-state index in [1.165, 1.54) is 5.56 Å². The zero-order chi connectivity index (χ0) is 12.3. The Bertz CT molecular complexity index is 376. The number of hydrogen-bond acceptors (Lipinski definition) is 2. The summed E-state index contributed by atoms with van der Waals surface area (Å²) >= 11 is 0. The number of carbonyl (C=O) groups is 1. The molecule has 0 aromatic heterocycles. The minimum Gasteiger partial charge on any atom is -0.359 e. The fourth-order valence-corrected chi connectivity index (χ4v) is 2.27. The van der Waals surface area contributed by atoms with Crippen molar-refractivity contribution >= 4 is 5.91 Å². The van der Waals surface area contributed by atoms with Crippen LogP contribution in [0.4, 0.5) is 0 Å². The molecule has 1 amide bonds. The van der Waals surface area contributed by atoms with E-state index in [0.29, 0.717) is 6.54 Å². The first kappa shape index (κ1) is 12.7. The van der Waals surface area contributed by atoms with Gasteiger partial charge in [-0.15, -0.1) is 0 Å². The number of hydrogen-bond donors (Lipinski definition) is 2. The lowest BCUT2D eigenvalue weighted by atomic mass is 9.89. The van der Waals surface area contributed by atoms with Crippen LogP contribution < -0.4 is 11.1 Å². The van der Waals surface area contributed by atoms with E-state index in [0.717, 1.165) is 16.7 Å². The van der Waals surface area contributed by atoms with E-state index in [4.69, 9.17) is 5.73 Å². The first-order chi connectivity index (χ1) is 7.51. The monoisotopic (exact) mass is 220 g/mol. The average Bonchev–Trinajstić information content (AvgIpc) is 2.22. The zero-order valence-corrected chi connectivity index (χ0v) is 10.4. The predicted molar refractivity (Wildman–Crippen MR) is 66.5 cm³/mol. The van der Waals surface area contributed by atoms with E-state index in [-0.39, 0.29) is 11.8 Å². The Morgan fingerprint density at radius 1 is 1.31 bits per heavy atom. The van der Waals surface area contributed by atoms with Gasteiger partial charge in [0.15, 0.2) is 0 Å². The van der Waals surface area contributed by atoms with Gasteiger partial charge >= 0.3 is 0 Å². The average molecular weight is 220 g/mol. The molecule has 88 valence electrons. The van der Waals surface area contributed by atoms with Crippen molar-refractivity contribution in [3.8, 4) is 0 Å². The van der Waals surface area contributed by atoms with Gasteiger partial charge < -0.3 is 11.1 Å². The SMILES string of the molecule is CNC(=O)C(CN)c1c(C)cc(C)cc1C. The highest BCUT2D eigenvalue weighted by atomic mass is 16.1. The van der Waals surface area contributed by atoms with Crippen LogP contribution in [0.2, 0.25) is 0 Å².